The summed E-state index contributed by atoms with van der Waals surface area (Å²) < 4.78 is 10.9. The molecule has 29 heavy (non-hydrogen) atoms. The Morgan fingerprint density at radius 2 is 1.45 bits per heavy atom. The highest BCUT2D eigenvalue weighted by Gasteiger charge is 2.19. The Morgan fingerprint density at radius 1 is 0.655 bits per heavy atom. The van der Waals surface area contributed by atoms with Gasteiger partial charge in [0.2, 0.25) is 0 Å². The molecule has 0 unspecified atom stereocenters. The number of oxazole rings is 1. The van der Waals surface area contributed by atoms with Crippen molar-refractivity contribution in [1.82, 2.24) is 9.55 Å². The zero-order valence-electron chi connectivity index (χ0n) is 15.3. The maximum absolute atomic E-state index is 6.16. The fraction of sp³-hybridized carbons (Fsp3) is 0. The van der Waals surface area contributed by atoms with Crippen LogP contribution in [0.25, 0.3) is 59.1 Å². The van der Waals surface area contributed by atoms with Gasteiger partial charge in [0, 0.05) is 30.9 Å². The highest BCUT2D eigenvalue weighted by molar-refractivity contribution is 7.26. The highest BCUT2D eigenvalue weighted by atomic mass is 32.1. The molecule has 0 saturated carbocycles. The van der Waals surface area contributed by atoms with E-state index >= 15 is 0 Å². The number of hydrogen-bond acceptors (Lipinski definition) is 3. The van der Waals surface area contributed by atoms with E-state index in [1.54, 1.807) is 0 Å². The topological polar surface area (TPSA) is 31.0 Å². The molecule has 0 aliphatic carbocycles. The minimum absolute atomic E-state index is 0.608. The van der Waals surface area contributed by atoms with Crippen LogP contribution >= 0.6 is 11.3 Å². The van der Waals surface area contributed by atoms with Crippen LogP contribution in [0.1, 0.15) is 0 Å². The van der Waals surface area contributed by atoms with Gasteiger partial charge in [-0.15, -0.1) is 11.3 Å². The van der Waals surface area contributed by atoms with Crippen LogP contribution in [0.4, 0.5) is 0 Å². The summed E-state index contributed by atoms with van der Waals surface area (Å²) in [6.45, 7) is 0. The molecule has 136 valence electrons. The van der Waals surface area contributed by atoms with E-state index in [4.69, 9.17) is 9.40 Å². The molecule has 7 aromatic rings. The standard InChI is InChI=1S/C25H14N2OS/c1-4-10-18-15(7-1)23-19(27(18)25-26-17-9-3-5-11-20(17)28-25)13-14-22-24(23)16-8-2-6-12-21(16)29-22/h1-14H. The van der Waals surface area contributed by atoms with Gasteiger partial charge in [-0.25, -0.2) is 0 Å². The summed E-state index contributed by atoms with van der Waals surface area (Å²) in [4.78, 5) is 4.78. The summed E-state index contributed by atoms with van der Waals surface area (Å²) in [6, 6.07) is 30.1. The van der Waals surface area contributed by atoms with Crippen LogP contribution in [-0.4, -0.2) is 9.55 Å². The SMILES string of the molecule is c1ccc2oc(-n3c4ccccc4c4c5c(ccc43)sc3ccccc35)nc2c1. The second kappa shape index (κ2) is 5.46. The van der Waals surface area contributed by atoms with Crippen LogP contribution in [-0.2, 0) is 0 Å². The molecule has 0 N–H and O–H groups in total. The van der Waals surface area contributed by atoms with E-state index in [9.17, 15) is 0 Å². The lowest BCUT2D eigenvalue weighted by Crippen LogP contribution is -1.93. The van der Waals surface area contributed by atoms with E-state index < -0.39 is 0 Å². The Bertz CT molecular complexity index is 1680. The summed E-state index contributed by atoms with van der Waals surface area (Å²) >= 11 is 1.85. The fourth-order valence-corrected chi connectivity index (χ4v) is 5.55. The van der Waals surface area contributed by atoms with Crippen molar-refractivity contribution in [2.75, 3.05) is 0 Å². The van der Waals surface area contributed by atoms with Crippen LogP contribution in [0.15, 0.2) is 89.3 Å². The van der Waals surface area contributed by atoms with Gasteiger partial charge >= 0.3 is 6.01 Å². The number of para-hydroxylation sites is 3. The van der Waals surface area contributed by atoms with Crippen LogP contribution < -0.4 is 0 Å². The van der Waals surface area contributed by atoms with Crippen LogP contribution in [0, 0.1) is 0 Å². The third kappa shape index (κ3) is 1.99. The Kier molecular flexibility index (Phi) is 2.88. The predicted octanol–water partition coefficient (Wildman–Crippen LogP) is 7.29. The lowest BCUT2D eigenvalue weighted by atomic mass is 10.1. The van der Waals surface area contributed by atoms with Gasteiger partial charge in [-0.2, -0.15) is 4.98 Å². The number of nitrogens with zero attached hydrogens (tertiary/aromatic N) is 2. The Hall–Kier alpha value is -3.63. The molecule has 7 rings (SSSR count). The average molecular weight is 390 g/mol. The summed E-state index contributed by atoms with van der Waals surface area (Å²) in [5.41, 5.74) is 3.90. The fourth-order valence-electron chi connectivity index (χ4n) is 4.44. The van der Waals surface area contributed by atoms with Crippen molar-refractivity contribution in [1.29, 1.82) is 0 Å². The number of fused-ring (bicyclic) bond motifs is 8. The minimum Gasteiger partial charge on any atom is -0.423 e. The molecule has 0 aliphatic rings. The number of hydrogen-bond donors (Lipinski definition) is 0. The zero-order chi connectivity index (χ0) is 18.9. The van der Waals surface area contributed by atoms with E-state index in [1.807, 2.05) is 35.6 Å². The zero-order valence-corrected chi connectivity index (χ0v) is 16.1. The molecule has 0 bridgehead atoms. The summed E-state index contributed by atoms with van der Waals surface area (Å²) in [5.74, 6) is 0. The van der Waals surface area contributed by atoms with E-state index in [0.29, 0.717) is 6.01 Å². The van der Waals surface area contributed by atoms with Crippen molar-refractivity contribution < 1.29 is 4.42 Å². The quantitative estimate of drug-likeness (QED) is 0.295. The van der Waals surface area contributed by atoms with Gasteiger partial charge in [0.25, 0.3) is 0 Å². The van der Waals surface area contributed by atoms with Crippen molar-refractivity contribution >= 4 is 64.4 Å². The summed E-state index contributed by atoms with van der Waals surface area (Å²) in [6.07, 6.45) is 0. The van der Waals surface area contributed by atoms with Crippen molar-refractivity contribution in [2.45, 2.75) is 0 Å². The van der Waals surface area contributed by atoms with Crippen molar-refractivity contribution in [3.8, 4) is 6.01 Å². The first-order valence-electron chi connectivity index (χ1n) is 9.58. The Balaban J connectivity index is 1.72. The van der Waals surface area contributed by atoms with Crippen molar-refractivity contribution in [3.63, 3.8) is 0 Å². The summed E-state index contributed by atoms with van der Waals surface area (Å²) in [5, 5.41) is 5.10. The smallest absolute Gasteiger partial charge is 0.307 e. The third-order valence-electron chi connectivity index (χ3n) is 5.65. The normalized spacial score (nSPS) is 12.1. The first kappa shape index (κ1) is 15.3. The van der Waals surface area contributed by atoms with Crippen LogP contribution in [0.3, 0.4) is 0 Å². The van der Waals surface area contributed by atoms with E-state index in [2.05, 4.69) is 65.2 Å². The van der Waals surface area contributed by atoms with Gasteiger partial charge in [-0.3, -0.25) is 4.57 Å². The van der Waals surface area contributed by atoms with E-state index in [1.165, 1.54) is 30.9 Å². The summed E-state index contributed by atoms with van der Waals surface area (Å²) in [7, 11) is 0. The molecule has 0 aliphatic heterocycles. The second-order valence-corrected chi connectivity index (χ2v) is 8.33. The molecular formula is C25H14N2OS. The molecule has 4 heteroatoms. The number of rotatable bonds is 1. The largest absolute Gasteiger partial charge is 0.423 e. The van der Waals surface area contributed by atoms with Crippen LogP contribution in [0.2, 0.25) is 0 Å². The number of thiophene rings is 1. The number of benzene rings is 4. The van der Waals surface area contributed by atoms with Gasteiger partial charge in [0.05, 0.1) is 11.0 Å². The van der Waals surface area contributed by atoms with Crippen molar-refractivity contribution in [3.05, 3.63) is 84.9 Å². The molecule has 3 nitrogen and oxygen atoms in total. The minimum atomic E-state index is 0.608. The van der Waals surface area contributed by atoms with E-state index in [0.717, 1.165) is 22.1 Å². The first-order valence-corrected chi connectivity index (χ1v) is 10.4. The molecule has 0 atom stereocenters. The van der Waals surface area contributed by atoms with Gasteiger partial charge in [0.1, 0.15) is 5.52 Å². The van der Waals surface area contributed by atoms with Gasteiger partial charge in [-0.1, -0.05) is 48.5 Å². The van der Waals surface area contributed by atoms with Gasteiger partial charge in [-0.05, 0) is 36.4 Å². The Morgan fingerprint density at radius 3 is 2.38 bits per heavy atom. The molecule has 0 spiro atoms. The van der Waals surface area contributed by atoms with Crippen LogP contribution in [0.5, 0.6) is 0 Å². The maximum Gasteiger partial charge on any atom is 0.307 e. The molecule has 3 aromatic heterocycles. The average Bonchev–Trinajstić information content (AvgIpc) is 3.44. The maximum atomic E-state index is 6.16. The molecule has 0 saturated heterocycles. The molecule has 0 fully saturated rings. The molecule has 4 aromatic carbocycles. The van der Waals surface area contributed by atoms with E-state index in [-0.39, 0.29) is 0 Å². The molecular weight excluding hydrogens is 376 g/mol. The molecule has 0 amide bonds. The molecule has 3 heterocycles. The third-order valence-corrected chi connectivity index (χ3v) is 6.79. The lowest BCUT2D eigenvalue weighted by Gasteiger charge is -2.01. The highest BCUT2D eigenvalue weighted by Crippen LogP contribution is 2.43. The van der Waals surface area contributed by atoms with Gasteiger partial charge < -0.3 is 4.42 Å². The number of aromatic nitrogens is 2. The second-order valence-electron chi connectivity index (χ2n) is 7.25. The lowest BCUT2D eigenvalue weighted by molar-refractivity contribution is 0.574. The molecule has 0 radical (unpaired) electrons. The monoisotopic (exact) mass is 390 g/mol. The Labute approximate surface area is 169 Å². The van der Waals surface area contributed by atoms with Crippen molar-refractivity contribution in [2.24, 2.45) is 0 Å². The first-order chi connectivity index (χ1) is 14.4. The van der Waals surface area contributed by atoms with Gasteiger partial charge in [0.15, 0.2) is 5.58 Å². The predicted molar refractivity (Wildman–Crippen MR) is 121 cm³/mol.